The molecule has 0 bridgehead atoms. The van der Waals surface area contributed by atoms with E-state index in [9.17, 15) is 0 Å². The number of rotatable bonds is 1. The fraction of sp³-hybridized carbons (Fsp3) is 0.154. The normalized spacial score (nSPS) is 23.5. The van der Waals surface area contributed by atoms with Gasteiger partial charge in [0.15, 0.2) is 5.60 Å². The van der Waals surface area contributed by atoms with Crippen LogP contribution in [0.25, 0.3) is 10.8 Å². The fourth-order valence-electron chi connectivity index (χ4n) is 1.84. The van der Waals surface area contributed by atoms with E-state index in [0.717, 1.165) is 5.56 Å². The lowest BCUT2D eigenvalue weighted by Crippen LogP contribution is -2.32. The van der Waals surface area contributed by atoms with Crippen molar-refractivity contribution in [3.8, 4) is 0 Å². The van der Waals surface area contributed by atoms with Crippen LogP contribution in [0.1, 0.15) is 12.5 Å². The standard InChI is InChI=1S/C13H11NO/c1-13(9-14-15-13)12-7-6-10-4-2-3-5-11(10)8-12/h2-9H,1H3. The predicted octanol–water partition coefficient (Wildman–Crippen LogP) is 3.07. The van der Waals surface area contributed by atoms with Gasteiger partial charge in [0.25, 0.3) is 0 Å². The number of nitrogens with zero attached hydrogens (tertiary/aromatic N) is 1. The van der Waals surface area contributed by atoms with Crippen LogP contribution in [0.4, 0.5) is 0 Å². The van der Waals surface area contributed by atoms with Crippen LogP contribution in [0.15, 0.2) is 47.6 Å². The van der Waals surface area contributed by atoms with E-state index in [1.807, 2.05) is 25.3 Å². The van der Waals surface area contributed by atoms with Gasteiger partial charge in [0.2, 0.25) is 0 Å². The average Bonchev–Trinajstić information content (AvgIpc) is 2.25. The maximum Gasteiger partial charge on any atom is 0.198 e. The molecule has 2 nitrogen and oxygen atoms in total. The van der Waals surface area contributed by atoms with Crippen molar-refractivity contribution in [2.24, 2.45) is 5.16 Å². The molecule has 2 aromatic rings. The Morgan fingerprint density at radius 2 is 1.80 bits per heavy atom. The average molecular weight is 197 g/mol. The van der Waals surface area contributed by atoms with Gasteiger partial charge < -0.3 is 4.84 Å². The van der Waals surface area contributed by atoms with Crippen LogP contribution in [-0.4, -0.2) is 6.21 Å². The fourth-order valence-corrected chi connectivity index (χ4v) is 1.84. The molecule has 3 rings (SSSR count). The Kier molecular flexibility index (Phi) is 1.60. The van der Waals surface area contributed by atoms with E-state index in [1.54, 1.807) is 0 Å². The number of hydrogen-bond donors (Lipinski definition) is 0. The van der Waals surface area contributed by atoms with Crippen molar-refractivity contribution in [1.29, 1.82) is 0 Å². The number of benzene rings is 2. The second-order valence-corrected chi connectivity index (χ2v) is 3.99. The zero-order chi connectivity index (χ0) is 10.3. The maximum atomic E-state index is 5.22. The highest BCUT2D eigenvalue weighted by atomic mass is 16.7. The van der Waals surface area contributed by atoms with E-state index >= 15 is 0 Å². The van der Waals surface area contributed by atoms with Crippen molar-refractivity contribution in [2.75, 3.05) is 0 Å². The Balaban J connectivity index is 2.18. The van der Waals surface area contributed by atoms with E-state index in [-0.39, 0.29) is 5.60 Å². The Morgan fingerprint density at radius 3 is 2.47 bits per heavy atom. The molecule has 1 heterocycles. The van der Waals surface area contributed by atoms with Gasteiger partial charge >= 0.3 is 0 Å². The van der Waals surface area contributed by atoms with Crippen molar-refractivity contribution in [2.45, 2.75) is 12.5 Å². The molecule has 0 fully saturated rings. The zero-order valence-corrected chi connectivity index (χ0v) is 8.47. The molecule has 1 atom stereocenters. The van der Waals surface area contributed by atoms with Gasteiger partial charge in [-0.3, -0.25) is 0 Å². The third-order valence-corrected chi connectivity index (χ3v) is 2.86. The van der Waals surface area contributed by atoms with Gasteiger partial charge in [0, 0.05) is 5.56 Å². The third kappa shape index (κ3) is 1.22. The maximum absolute atomic E-state index is 5.22. The van der Waals surface area contributed by atoms with Gasteiger partial charge in [0.05, 0.1) is 6.21 Å². The van der Waals surface area contributed by atoms with Gasteiger partial charge in [-0.25, -0.2) is 0 Å². The molecular weight excluding hydrogens is 186 g/mol. The summed E-state index contributed by atoms with van der Waals surface area (Å²) in [5.41, 5.74) is 0.820. The van der Waals surface area contributed by atoms with E-state index in [4.69, 9.17) is 4.84 Å². The Morgan fingerprint density at radius 1 is 1.07 bits per heavy atom. The molecule has 0 aliphatic carbocycles. The van der Waals surface area contributed by atoms with Gasteiger partial charge in [-0.1, -0.05) is 41.6 Å². The topological polar surface area (TPSA) is 21.6 Å². The smallest absolute Gasteiger partial charge is 0.198 e. The molecule has 0 radical (unpaired) electrons. The summed E-state index contributed by atoms with van der Waals surface area (Å²) >= 11 is 0. The molecule has 1 aliphatic heterocycles. The summed E-state index contributed by atoms with van der Waals surface area (Å²) in [7, 11) is 0. The summed E-state index contributed by atoms with van der Waals surface area (Å²) < 4.78 is 0. The van der Waals surface area contributed by atoms with Crippen LogP contribution in [0.3, 0.4) is 0 Å². The first-order valence-electron chi connectivity index (χ1n) is 5.00. The van der Waals surface area contributed by atoms with E-state index in [2.05, 4.69) is 35.5 Å². The molecule has 0 N–H and O–H groups in total. The minimum absolute atomic E-state index is 0.329. The molecule has 0 spiro atoms. The van der Waals surface area contributed by atoms with E-state index in [1.165, 1.54) is 10.8 Å². The molecule has 0 saturated carbocycles. The SMILES string of the molecule is CC1(c2ccc3ccccc3c2)C=NO1. The Labute approximate surface area is 88.2 Å². The number of fused-ring (bicyclic) bond motifs is 1. The monoisotopic (exact) mass is 197 g/mol. The minimum atomic E-state index is -0.329. The highest BCUT2D eigenvalue weighted by Gasteiger charge is 2.33. The number of oxime groups is 1. The van der Waals surface area contributed by atoms with Crippen LogP contribution in [0, 0.1) is 0 Å². The first kappa shape index (κ1) is 8.48. The van der Waals surface area contributed by atoms with E-state index in [0.29, 0.717) is 0 Å². The Bertz CT molecular complexity index is 547. The molecular formula is C13H11NO. The van der Waals surface area contributed by atoms with Crippen LogP contribution in [0.5, 0.6) is 0 Å². The summed E-state index contributed by atoms with van der Waals surface area (Å²) in [6, 6.07) is 14.7. The molecule has 2 heteroatoms. The van der Waals surface area contributed by atoms with Gasteiger partial charge in [-0.05, 0) is 23.8 Å². The van der Waals surface area contributed by atoms with Crippen molar-refractivity contribution in [1.82, 2.24) is 0 Å². The first-order chi connectivity index (χ1) is 7.28. The molecule has 0 saturated heterocycles. The van der Waals surface area contributed by atoms with Crippen molar-refractivity contribution in [3.63, 3.8) is 0 Å². The second-order valence-electron chi connectivity index (χ2n) is 3.99. The summed E-state index contributed by atoms with van der Waals surface area (Å²) in [6.45, 7) is 2.02. The Hall–Kier alpha value is -1.83. The molecule has 1 aliphatic rings. The highest BCUT2D eigenvalue weighted by molar-refractivity contribution is 5.85. The quantitative estimate of drug-likeness (QED) is 0.688. The van der Waals surface area contributed by atoms with Crippen molar-refractivity contribution >= 4 is 17.0 Å². The molecule has 74 valence electrons. The molecule has 1 unspecified atom stereocenters. The molecule has 2 aromatic carbocycles. The number of hydrogen-bond acceptors (Lipinski definition) is 2. The summed E-state index contributed by atoms with van der Waals surface area (Å²) in [5, 5.41) is 6.19. The highest BCUT2D eigenvalue weighted by Crippen LogP contribution is 2.31. The first-order valence-corrected chi connectivity index (χ1v) is 5.00. The van der Waals surface area contributed by atoms with Crippen LogP contribution in [0.2, 0.25) is 0 Å². The molecule has 15 heavy (non-hydrogen) atoms. The largest absolute Gasteiger partial charge is 0.379 e. The molecule has 0 amide bonds. The second kappa shape index (κ2) is 2.83. The minimum Gasteiger partial charge on any atom is -0.379 e. The summed E-state index contributed by atoms with van der Waals surface area (Å²) in [4.78, 5) is 5.22. The third-order valence-electron chi connectivity index (χ3n) is 2.86. The van der Waals surface area contributed by atoms with E-state index < -0.39 is 0 Å². The summed E-state index contributed by atoms with van der Waals surface area (Å²) in [5.74, 6) is 0. The predicted molar refractivity (Wildman–Crippen MR) is 60.9 cm³/mol. The lowest BCUT2D eigenvalue weighted by molar-refractivity contribution is -0.0152. The van der Waals surface area contributed by atoms with Crippen LogP contribution < -0.4 is 0 Å². The van der Waals surface area contributed by atoms with Gasteiger partial charge in [0.1, 0.15) is 0 Å². The van der Waals surface area contributed by atoms with Gasteiger partial charge in [-0.15, -0.1) is 0 Å². The van der Waals surface area contributed by atoms with Gasteiger partial charge in [-0.2, -0.15) is 0 Å². The van der Waals surface area contributed by atoms with Crippen LogP contribution in [-0.2, 0) is 10.4 Å². The molecule has 0 aromatic heterocycles. The summed E-state index contributed by atoms with van der Waals surface area (Å²) in [6.07, 6.45) is 1.83. The lowest BCUT2D eigenvalue weighted by atomic mass is 9.94. The zero-order valence-electron chi connectivity index (χ0n) is 8.47. The van der Waals surface area contributed by atoms with Crippen molar-refractivity contribution < 1.29 is 4.84 Å². The lowest BCUT2D eigenvalue weighted by Gasteiger charge is -2.29. The van der Waals surface area contributed by atoms with Crippen LogP contribution >= 0.6 is 0 Å². The van der Waals surface area contributed by atoms with Crippen molar-refractivity contribution in [3.05, 3.63) is 48.0 Å².